The summed E-state index contributed by atoms with van der Waals surface area (Å²) in [6.07, 6.45) is -0.397. The second-order valence-electron chi connectivity index (χ2n) is 6.30. The van der Waals surface area contributed by atoms with Crippen LogP contribution in [-0.4, -0.2) is 64.3 Å². The van der Waals surface area contributed by atoms with Gasteiger partial charge in [0.05, 0.1) is 19.5 Å². The van der Waals surface area contributed by atoms with E-state index in [1.807, 2.05) is 13.8 Å². The highest BCUT2D eigenvalue weighted by atomic mass is 16.6. The number of hydrogen-bond donors (Lipinski definition) is 1. The van der Waals surface area contributed by atoms with E-state index in [4.69, 9.17) is 4.74 Å². The molecule has 1 N–H and O–H groups in total. The molecular formula is C14H26N2O4. The summed E-state index contributed by atoms with van der Waals surface area (Å²) < 4.78 is 5.21. The Morgan fingerprint density at radius 3 is 2.15 bits per heavy atom. The van der Waals surface area contributed by atoms with Crippen molar-refractivity contribution in [3.63, 3.8) is 0 Å². The van der Waals surface area contributed by atoms with E-state index in [1.54, 1.807) is 25.7 Å². The highest BCUT2D eigenvalue weighted by Gasteiger charge is 2.46. The van der Waals surface area contributed by atoms with Gasteiger partial charge in [-0.3, -0.25) is 4.79 Å². The van der Waals surface area contributed by atoms with Crippen LogP contribution in [0.15, 0.2) is 0 Å². The van der Waals surface area contributed by atoms with Crippen molar-refractivity contribution in [1.29, 1.82) is 0 Å². The summed E-state index contributed by atoms with van der Waals surface area (Å²) in [7, 11) is 0. The molecule has 0 spiro atoms. The number of β-amino-alcohol motifs (C(OH)–C–C–N with tert-alkyl or cyclic N) is 1. The van der Waals surface area contributed by atoms with Crippen molar-refractivity contribution < 1.29 is 19.4 Å². The van der Waals surface area contributed by atoms with E-state index in [9.17, 15) is 14.7 Å². The molecule has 1 rings (SSSR count). The molecule has 0 radical (unpaired) electrons. The van der Waals surface area contributed by atoms with Gasteiger partial charge in [0.15, 0.2) is 0 Å². The lowest BCUT2D eigenvalue weighted by Crippen LogP contribution is -2.65. The van der Waals surface area contributed by atoms with Crippen LogP contribution in [0.5, 0.6) is 0 Å². The molecule has 6 nitrogen and oxygen atoms in total. The first-order valence-corrected chi connectivity index (χ1v) is 7.08. The molecule has 0 aromatic rings. The lowest BCUT2D eigenvalue weighted by atomic mass is 9.90. The van der Waals surface area contributed by atoms with Gasteiger partial charge in [-0.25, -0.2) is 4.79 Å². The summed E-state index contributed by atoms with van der Waals surface area (Å²) in [4.78, 5) is 26.8. The number of hydrogen-bond acceptors (Lipinski definition) is 4. The van der Waals surface area contributed by atoms with Crippen molar-refractivity contribution in [2.75, 3.05) is 26.2 Å². The number of carbonyl (C=O) groups excluding carboxylic acids is 2. The molecule has 0 aromatic carbocycles. The van der Waals surface area contributed by atoms with Crippen LogP contribution >= 0.6 is 0 Å². The third kappa shape index (κ3) is 4.37. The highest BCUT2D eigenvalue weighted by molar-refractivity contribution is 5.78. The molecule has 2 amide bonds. The van der Waals surface area contributed by atoms with Crippen LogP contribution in [0.25, 0.3) is 0 Å². The Balaban J connectivity index is 2.46. The molecule has 0 aliphatic carbocycles. The van der Waals surface area contributed by atoms with Crippen molar-refractivity contribution in [2.45, 2.75) is 52.2 Å². The van der Waals surface area contributed by atoms with Crippen LogP contribution in [0, 0.1) is 0 Å². The van der Waals surface area contributed by atoms with E-state index in [0.717, 1.165) is 0 Å². The third-order valence-electron chi connectivity index (χ3n) is 3.22. The van der Waals surface area contributed by atoms with Gasteiger partial charge in [-0.2, -0.15) is 0 Å². The lowest BCUT2D eigenvalue weighted by molar-refractivity contribution is -0.146. The fraction of sp³-hybridized carbons (Fsp3) is 0.857. The zero-order valence-electron chi connectivity index (χ0n) is 13.1. The number of aliphatic hydroxyl groups is 1. The number of likely N-dealkylation sites (tertiary alicyclic amines) is 1. The number of nitrogens with zero attached hydrogens (tertiary/aromatic N) is 2. The second-order valence-corrected chi connectivity index (χ2v) is 6.30. The van der Waals surface area contributed by atoms with Crippen molar-refractivity contribution >= 4 is 12.0 Å². The van der Waals surface area contributed by atoms with Gasteiger partial charge in [0.2, 0.25) is 5.91 Å². The molecule has 0 saturated carbocycles. The summed E-state index contributed by atoms with van der Waals surface area (Å²) in [5.41, 5.74) is -1.67. The molecule has 0 unspecified atom stereocenters. The van der Waals surface area contributed by atoms with Crippen molar-refractivity contribution in [3.8, 4) is 0 Å². The topological polar surface area (TPSA) is 70.1 Å². The van der Waals surface area contributed by atoms with E-state index >= 15 is 0 Å². The molecule has 116 valence electrons. The SMILES string of the molecule is CCN(CC)C(=O)CC1(O)CN(C(=O)OC(C)(C)C)C1. The smallest absolute Gasteiger partial charge is 0.410 e. The standard InChI is InChI=1S/C14H26N2O4/c1-6-15(7-2)11(17)8-14(19)9-16(10-14)12(18)20-13(3,4)5/h19H,6-10H2,1-5H3. The summed E-state index contributed by atoms with van der Waals surface area (Å²) in [6, 6.07) is 0. The predicted molar refractivity (Wildman–Crippen MR) is 75.3 cm³/mol. The summed E-state index contributed by atoms with van der Waals surface area (Å²) in [5, 5.41) is 10.2. The lowest BCUT2D eigenvalue weighted by Gasteiger charge is -2.46. The Morgan fingerprint density at radius 1 is 1.25 bits per heavy atom. The van der Waals surface area contributed by atoms with Gasteiger partial charge in [-0.15, -0.1) is 0 Å². The first-order chi connectivity index (χ1) is 9.10. The summed E-state index contributed by atoms with van der Waals surface area (Å²) in [6.45, 7) is 10.7. The Hall–Kier alpha value is -1.30. The van der Waals surface area contributed by atoms with Crippen LogP contribution in [0.2, 0.25) is 0 Å². The number of carbonyl (C=O) groups is 2. The first kappa shape index (κ1) is 16.8. The Kier molecular flexibility index (Phi) is 5.02. The monoisotopic (exact) mass is 286 g/mol. The van der Waals surface area contributed by atoms with E-state index in [0.29, 0.717) is 13.1 Å². The maximum Gasteiger partial charge on any atom is 0.410 e. The Labute approximate surface area is 120 Å². The molecule has 1 saturated heterocycles. The highest BCUT2D eigenvalue weighted by Crippen LogP contribution is 2.27. The fourth-order valence-electron chi connectivity index (χ4n) is 2.20. The molecule has 1 heterocycles. The Morgan fingerprint density at radius 2 is 1.75 bits per heavy atom. The van der Waals surface area contributed by atoms with Crippen LogP contribution in [0.3, 0.4) is 0 Å². The first-order valence-electron chi connectivity index (χ1n) is 7.08. The van der Waals surface area contributed by atoms with E-state index in [2.05, 4.69) is 0 Å². The van der Waals surface area contributed by atoms with Gasteiger partial charge in [0.25, 0.3) is 0 Å². The molecule has 20 heavy (non-hydrogen) atoms. The minimum absolute atomic E-state index is 0.0496. The number of ether oxygens (including phenoxy) is 1. The average Bonchev–Trinajstić information content (AvgIpc) is 2.24. The second kappa shape index (κ2) is 5.99. The van der Waals surface area contributed by atoms with Crippen LogP contribution in [-0.2, 0) is 9.53 Å². The molecule has 1 aliphatic heterocycles. The minimum Gasteiger partial charge on any atom is -0.444 e. The Bertz CT molecular complexity index is 366. The minimum atomic E-state index is -1.11. The molecule has 1 aliphatic rings. The number of amides is 2. The van der Waals surface area contributed by atoms with Gasteiger partial charge >= 0.3 is 6.09 Å². The third-order valence-corrected chi connectivity index (χ3v) is 3.22. The zero-order valence-corrected chi connectivity index (χ0v) is 13.1. The van der Waals surface area contributed by atoms with Crippen LogP contribution in [0.1, 0.15) is 41.0 Å². The summed E-state index contributed by atoms with van der Waals surface area (Å²) >= 11 is 0. The van der Waals surface area contributed by atoms with Crippen molar-refractivity contribution in [3.05, 3.63) is 0 Å². The predicted octanol–water partition coefficient (Wildman–Crippen LogP) is 1.23. The molecule has 1 fully saturated rings. The quantitative estimate of drug-likeness (QED) is 0.844. The number of rotatable bonds is 4. The molecule has 0 aromatic heterocycles. The normalized spacial score (nSPS) is 17.4. The molecular weight excluding hydrogens is 260 g/mol. The van der Waals surface area contributed by atoms with E-state index in [-0.39, 0.29) is 25.4 Å². The van der Waals surface area contributed by atoms with Gasteiger partial charge in [0.1, 0.15) is 11.2 Å². The average molecular weight is 286 g/mol. The van der Waals surface area contributed by atoms with Gasteiger partial charge in [-0.05, 0) is 34.6 Å². The molecule has 0 bridgehead atoms. The van der Waals surface area contributed by atoms with Gasteiger partial charge in [0, 0.05) is 13.1 Å². The van der Waals surface area contributed by atoms with Gasteiger partial charge in [-0.1, -0.05) is 0 Å². The molecule has 0 atom stereocenters. The maximum absolute atomic E-state index is 12.0. The maximum atomic E-state index is 12.0. The summed E-state index contributed by atoms with van der Waals surface area (Å²) in [5.74, 6) is -0.0821. The molecule has 6 heteroatoms. The van der Waals surface area contributed by atoms with Crippen LogP contribution in [0.4, 0.5) is 4.79 Å². The van der Waals surface area contributed by atoms with E-state index in [1.165, 1.54) is 4.90 Å². The fourth-order valence-corrected chi connectivity index (χ4v) is 2.20. The van der Waals surface area contributed by atoms with E-state index < -0.39 is 17.3 Å². The van der Waals surface area contributed by atoms with Crippen LogP contribution < -0.4 is 0 Å². The van der Waals surface area contributed by atoms with Crippen molar-refractivity contribution in [1.82, 2.24) is 9.80 Å². The largest absolute Gasteiger partial charge is 0.444 e. The van der Waals surface area contributed by atoms with Crippen molar-refractivity contribution in [2.24, 2.45) is 0 Å². The zero-order chi connectivity index (χ0) is 15.6. The van der Waals surface area contributed by atoms with Gasteiger partial charge < -0.3 is 19.6 Å².